The predicted molar refractivity (Wildman–Crippen MR) is 92.3 cm³/mol. The summed E-state index contributed by atoms with van der Waals surface area (Å²) in [5, 5.41) is 0. The molecule has 21 heavy (non-hydrogen) atoms. The van der Waals surface area contributed by atoms with Gasteiger partial charge in [-0.05, 0) is 72.1 Å². The number of benzene rings is 2. The Labute approximate surface area is 139 Å². The van der Waals surface area contributed by atoms with E-state index in [1.807, 2.05) is 58.3 Å². The molecule has 1 aromatic heterocycles. The van der Waals surface area contributed by atoms with E-state index >= 15 is 0 Å². The molecule has 0 radical (unpaired) electrons. The Morgan fingerprint density at radius 2 is 2.00 bits per heavy atom. The van der Waals surface area contributed by atoms with Gasteiger partial charge in [0.2, 0.25) is 0 Å². The van der Waals surface area contributed by atoms with Gasteiger partial charge in [-0.25, -0.2) is 4.39 Å². The van der Waals surface area contributed by atoms with E-state index in [-0.39, 0.29) is 5.82 Å². The molecule has 108 valence electrons. The number of H-pyrrole nitrogens is 1. The zero-order valence-corrected chi connectivity index (χ0v) is 14.2. The Hall–Kier alpha value is -1.41. The molecular weight excluding hydrogens is 402 g/mol. The fraction of sp³-hybridized carbons (Fsp3) is 0.133. The summed E-state index contributed by atoms with van der Waals surface area (Å²) in [4.78, 5) is 3.11. The quantitative estimate of drug-likeness (QED) is 0.492. The van der Waals surface area contributed by atoms with Crippen LogP contribution in [0.25, 0.3) is 16.7 Å². The lowest BCUT2D eigenvalue weighted by Crippen LogP contribution is -1.96. The van der Waals surface area contributed by atoms with Gasteiger partial charge in [0, 0.05) is 11.8 Å². The Morgan fingerprint density at radius 3 is 2.67 bits per heavy atom. The number of nitrogens with zero attached hydrogens (tertiary/aromatic N) is 1. The van der Waals surface area contributed by atoms with Gasteiger partial charge >= 0.3 is 0 Å². The van der Waals surface area contributed by atoms with E-state index in [1.165, 1.54) is 6.07 Å². The van der Waals surface area contributed by atoms with E-state index in [2.05, 4.69) is 4.98 Å². The largest absolute Gasteiger partial charge is 0.494 e. The van der Waals surface area contributed by atoms with Crippen LogP contribution in [0.3, 0.4) is 0 Å². The minimum absolute atomic E-state index is 0.253. The fourth-order valence-electron chi connectivity index (χ4n) is 2.22. The van der Waals surface area contributed by atoms with Crippen molar-refractivity contribution in [1.82, 2.24) is 9.55 Å². The van der Waals surface area contributed by atoms with Crippen molar-refractivity contribution in [2.24, 2.45) is 0 Å². The van der Waals surface area contributed by atoms with Crippen LogP contribution in [0.15, 0.2) is 36.4 Å². The van der Waals surface area contributed by atoms with Crippen molar-refractivity contribution in [2.75, 3.05) is 6.61 Å². The summed E-state index contributed by atoms with van der Waals surface area (Å²) in [6.07, 6.45) is 0. The standard InChI is InChI=1S/C15H12FIN2OS/c1-2-20-10-5-3-9(4-6-10)19-14-7-11(16)12(17)8-13(14)18-15(19)21/h3-8H,2H2,1H3,(H,18,21). The Bertz CT molecular complexity index is 854. The minimum Gasteiger partial charge on any atom is -0.494 e. The van der Waals surface area contributed by atoms with Crippen molar-refractivity contribution in [3.63, 3.8) is 0 Å². The molecule has 0 saturated heterocycles. The van der Waals surface area contributed by atoms with Crippen LogP contribution in [-0.2, 0) is 0 Å². The maximum atomic E-state index is 13.8. The average Bonchev–Trinajstić information content (AvgIpc) is 2.76. The summed E-state index contributed by atoms with van der Waals surface area (Å²) in [6.45, 7) is 2.56. The van der Waals surface area contributed by atoms with Crippen molar-refractivity contribution in [1.29, 1.82) is 0 Å². The van der Waals surface area contributed by atoms with Crippen molar-refractivity contribution >= 4 is 45.8 Å². The lowest BCUT2D eigenvalue weighted by atomic mass is 10.2. The molecule has 1 heterocycles. The maximum absolute atomic E-state index is 13.8. The molecule has 0 saturated carbocycles. The van der Waals surface area contributed by atoms with Crippen LogP contribution in [-0.4, -0.2) is 16.2 Å². The van der Waals surface area contributed by atoms with Crippen LogP contribution < -0.4 is 4.74 Å². The van der Waals surface area contributed by atoms with Gasteiger partial charge in [0.25, 0.3) is 0 Å². The fourth-order valence-corrected chi connectivity index (χ4v) is 3.00. The molecule has 0 spiro atoms. The van der Waals surface area contributed by atoms with Gasteiger partial charge in [0.05, 0.1) is 21.2 Å². The Kier molecular flexibility index (Phi) is 3.99. The Morgan fingerprint density at radius 1 is 1.29 bits per heavy atom. The van der Waals surface area contributed by atoms with Crippen LogP contribution >= 0.6 is 34.8 Å². The summed E-state index contributed by atoms with van der Waals surface area (Å²) < 4.78 is 22.2. The number of hydrogen-bond donors (Lipinski definition) is 1. The highest BCUT2D eigenvalue weighted by Gasteiger charge is 2.10. The van der Waals surface area contributed by atoms with Crippen LogP contribution in [0.2, 0.25) is 0 Å². The summed E-state index contributed by atoms with van der Waals surface area (Å²) in [5.74, 6) is 0.546. The molecule has 0 aliphatic carbocycles. The highest BCUT2D eigenvalue weighted by Crippen LogP contribution is 2.24. The van der Waals surface area contributed by atoms with Gasteiger partial charge in [-0.1, -0.05) is 0 Å². The third kappa shape index (κ3) is 2.69. The summed E-state index contributed by atoms with van der Waals surface area (Å²) in [5.41, 5.74) is 2.41. The van der Waals surface area contributed by atoms with Gasteiger partial charge in [-0.3, -0.25) is 4.57 Å². The van der Waals surface area contributed by atoms with E-state index < -0.39 is 0 Å². The zero-order chi connectivity index (χ0) is 15.0. The lowest BCUT2D eigenvalue weighted by Gasteiger charge is -2.07. The minimum atomic E-state index is -0.253. The van der Waals surface area contributed by atoms with Gasteiger partial charge in [0.15, 0.2) is 4.77 Å². The van der Waals surface area contributed by atoms with Crippen molar-refractivity contribution in [2.45, 2.75) is 6.92 Å². The SMILES string of the molecule is CCOc1ccc(-n2c(=S)[nH]c3cc(I)c(F)cc32)cc1. The number of nitrogens with one attached hydrogen (secondary N) is 1. The second-order valence-corrected chi connectivity index (χ2v) is 6.02. The van der Waals surface area contributed by atoms with E-state index in [0.29, 0.717) is 14.9 Å². The Balaban J connectivity index is 2.17. The molecule has 1 N–H and O–H groups in total. The van der Waals surface area contributed by atoms with Crippen LogP contribution in [0.1, 0.15) is 6.92 Å². The summed E-state index contributed by atoms with van der Waals surface area (Å²) >= 11 is 7.32. The van der Waals surface area contributed by atoms with Crippen LogP contribution in [0, 0.1) is 14.2 Å². The zero-order valence-electron chi connectivity index (χ0n) is 11.2. The third-order valence-electron chi connectivity index (χ3n) is 3.13. The maximum Gasteiger partial charge on any atom is 0.182 e. The number of aromatic nitrogens is 2. The lowest BCUT2D eigenvalue weighted by molar-refractivity contribution is 0.340. The second-order valence-electron chi connectivity index (χ2n) is 4.48. The molecule has 3 nitrogen and oxygen atoms in total. The molecule has 0 aliphatic rings. The first-order valence-electron chi connectivity index (χ1n) is 6.43. The highest BCUT2D eigenvalue weighted by molar-refractivity contribution is 14.1. The topological polar surface area (TPSA) is 29.9 Å². The molecule has 0 amide bonds. The first-order chi connectivity index (χ1) is 10.1. The van der Waals surface area contributed by atoms with E-state index in [4.69, 9.17) is 17.0 Å². The molecule has 0 unspecified atom stereocenters. The van der Waals surface area contributed by atoms with Gasteiger partial charge in [0.1, 0.15) is 11.6 Å². The van der Waals surface area contributed by atoms with Gasteiger partial charge in [-0.15, -0.1) is 0 Å². The molecule has 0 aliphatic heterocycles. The van der Waals surface area contributed by atoms with E-state index in [1.54, 1.807) is 6.07 Å². The van der Waals surface area contributed by atoms with Crippen molar-refractivity contribution < 1.29 is 9.13 Å². The van der Waals surface area contributed by atoms with Crippen LogP contribution in [0.5, 0.6) is 5.75 Å². The number of halogens is 2. The monoisotopic (exact) mass is 414 g/mol. The second kappa shape index (κ2) is 5.76. The normalized spacial score (nSPS) is 11.0. The number of hydrogen-bond acceptors (Lipinski definition) is 2. The smallest absolute Gasteiger partial charge is 0.182 e. The molecule has 0 atom stereocenters. The highest BCUT2D eigenvalue weighted by atomic mass is 127. The van der Waals surface area contributed by atoms with Gasteiger partial charge < -0.3 is 9.72 Å². The van der Waals surface area contributed by atoms with E-state index in [9.17, 15) is 4.39 Å². The van der Waals surface area contributed by atoms with Crippen LogP contribution in [0.4, 0.5) is 4.39 Å². The molecule has 3 rings (SSSR count). The van der Waals surface area contributed by atoms with Crippen molar-refractivity contribution in [3.05, 3.63) is 50.6 Å². The first kappa shape index (κ1) is 14.5. The predicted octanol–water partition coefficient (Wildman–Crippen LogP) is 4.83. The average molecular weight is 414 g/mol. The summed E-state index contributed by atoms with van der Waals surface area (Å²) in [7, 11) is 0. The molecule has 6 heteroatoms. The number of ether oxygens (including phenoxy) is 1. The number of rotatable bonds is 3. The number of fused-ring (bicyclic) bond motifs is 1. The molecular formula is C15H12FIN2OS. The molecule has 0 fully saturated rings. The molecule has 2 aromatic carbocycles. The van der Waals surface area contributed by atoms with Crippen molar-refractivity contribution in [3.8, 4) is 11.4 Å². The first-order valence-corrected chi connectivity index (χ1v) is 7.92. The third-order valence-corrected chi connectivity index (χ3v) is 4.24. The number of imidazole rings is 1. The van der Waals surface area contributed by atoms with Gasteiger partial charge in [-0.2, -0.15) is 0 Å². The molecule has 3 aromatic rings. The molecule has 0 bridgehead atoms. The van der Waals surface area contributed by atoms with E-state index in [0.717, 1.165) is 22.5 Å². The number of aromatic amines is 1. The summed E-state index contributed by atoms with van der Waals surface area (Å²) in [6, 6.07) is 10.8.